The summed E-state index contributed by atoms with van der Waals surface area (Å²) < 4.78 is 12.9. The van der Waals surface area contributed by atoms with Crippen LogP contribution in [0.1, 0.15) is 5.69 Å². The number of aromatic nitrogens is 1. The molecule has 1 aromatic carbocycles. The Hall–Kier alpha value is -3.00. The van der Waals surface area contributed by atoms with Crippen LogP contribution in [0.15, 0.2) is 48.7 Å². The number of benzene rings is 1. The Balaban J connectivity index is 0.000000352. The van der Waals surface area contributed by atoms with Gasteiger partial charge in [-0.25, -0.2) is 14.0 Å². The van der Waals surface area contributed by atoms with Crippen molar-refractivity contribution in [2.24, 2.45) is 0 Å². The highest BCUT2D eigenvalue weighted by Gasteiger charge is 2.17. The number of piperazine rings is 1. The van der Waals surface area contributed by atoms with Crippen LogP contribution < -0.4 is 4.90 Å². The number of pyridine rings is 1. The maximum atomic E-state index is 12.9. The number of carbonyl (C=O) groups is 2. The number of hydrogen-bond donors (Lipinski definition) is 2. The molecule has 0 radical (unpaired) electrons. The molecule has 2 aromatic rings. The molecule has 2 heterocycles. The first kappa shape index (κ1) is 19.3. The summed E-state index contributed by atoms with van der Waals surface area (Å²) in [6.45, 7) is 4.86. The molecule has 2 N–H and O–H groups in total. The summed E-state index contributed by atoms with van der Waals surface area (Å²) >= 11 is 0. The lowest BCUT2D eigenvalue weighted by Crippen LogP contribution is -2.46. The molecule has 8 heteroatoms. The highest BCUT2D eigenvalue weighted by molar-refractivity contribution is 6.27. The third-order valence-corrected chi connectivity index (χ3v) is 3.86. The summed E-state index contributed by atoms with van der Waals surface area (Å²) in [4.78, 5) is 27.3. The van der Waals surface area contributed by atoms with Gasteiger partial charge in [-0.2, -0.15) is 0 Å². The molecule has 0 amide bonds. The molecule has 7 nitrogen and oxygen atoms in total. The smallest absolute Gasteiger partial charge is 0.414 e. The van der Waals surface area contributed by atoms with Crippen molar-refractivity contribution >= 4 is 17.6 Å². The SMILES string of the molecule is Fc1ccc(N2CCN(Cc3ccccn3)CC2)cc1.O=C(O)C(=O)O. The number of carboxylic acid groups (broad SMARTS) is 2. The molecule has 1 saturated heterocycles. The lowest BCUT2D eigenvalue weighted by molar-refractivity contribution is -0.159. The van der Waals surface area contributed by atoms with Crippen LogP contribution in [-0.4, -0.2) is 58.2 Å². The average Bonchev–Trinajstić information content (AvgIpc) is 2.64. The predicted octanol–water partition coefficient (Wildman–Crippen LogP) is 1.70. The van der Waals surface area contributed by atoms with Gasteiger partial charge in [0.25, 0.3) is 0 Å². The minimum atomic E-state index is -1.82. The van der Waals surface area contributed by atoms with Crippen molar-refractivity contribution in [1.82, 2.24) is 9.88 Å². The molecule has 1 fully saturated rings. The van der Waals surface area contributed by atoms with Gasteiger partial charge in [-0.15, -0.1) is 0 Å². The minimum Gasteiger partial charge on any atom is -0.473 e. The summed E-state index contributed by atoms with van der Waals surface area (Å²) in [6, 6.07) is 12.8. The lowest BCUT2D eigenvalue weighted by Gasteiger charge is -2.35. The van der Waals surface area contributed by atoms with E-state index in [1.807, 2.05) is 30.5 Å². The first-order valence-electron chi connectivity index (χ1n) is 8.04. The van der Waals surface area contributed by atoms with Crippen LogP contribution in [0.3, 0.4) is 0 Å². The molecule has 0 atom stereocenters. The second-order valence-electron chi connectivity index (χ2n) is 5.67. The Bertz CT molecular complexity index is 705. The van der Waals surface area contributed by atoms with Crippen LogP contribution in [0.2, 0.25) is 0 Å². The second-order valence-corrected chi connectivity index (χ2v) is 5.67. The van der Waals surface area contributed by atoms with Gasteiger partial charge in [-0.1, -0.05) is 6.07 Å². The van der Waals surface area contributed by atoms with Crippen molar-refractivity contribution in [1.29, 1.82) is 0 Å². The standard InChI is InChI=1S/C16H18FN3.C2H2O4/c17-14-4-6-16(7-5-14)20-11-9-19(10-12-20)13-15-3-1-2-8-18-15;3-1(4)2(5)6/h1-8H,9-13H2;(H,3,4)(H,5,6). The van der Waals surface area contributed by atoms with Crippen LogP contribution in [0.4, 0.5) is 10.1 Å². The van der Waals surface area contributed by atoms with Gasteiger partial charge in [0.05, 0.1) is 5.69 Å². The molecule has 1 aromatic heterocycles. The van der Waals surface area contributed by atoms with Gasteiger partial charge in [-0.3, -0.25) is 9.88 Å². The number of aliphatic carboxylic acids is 2. The van der Waals surface area contributed by atoms with Crippen molar-refractivity contribution in [2.45, 2.75) is 6.54 Å². The summed E-state index contributed by atoms with van der Waals surface area (Å²) in [5.74, 6) is -3.83. The molecule has 1 aliphatic heterocycles. The molecule has 3 rings (SSSR count). The molecule has 26 heavy (non-hydrogen) atoms. The van der Waals surface area contributed by atoms with E-state index in [-0.39, 0.29) is 5.82 Å². The van der Waals surface area contributed by atoms with Gasteiger partial charge >= 0.3 is 11.9 Å². The zero-order chi connectivity index (χ0) is 18.9. The predicted molar refractivity (Wildman–Crippen MR) is 93.4 cm³/mol. The molecule has 0 unspecified atom stereocenters. The van der Waals surface area contributed by atoms with E-state index in [0.717, 1.165) is 44.1 Å². The van der Waals surface area contributed by atoms with Gasteiger partial charge < -0.3 is 15.1 Å². The highest BCUT2D eigenvalue weighted by atomic mass is 19.1. The quantitative estimate of drug-likeness (QED) is 0.804. The minimum absolute atomic E-state index is 0.178. The van der Waals surface area contributed by atoms with E-state index in [0.29, 0.717) is 0 Å². The molecule has 0 aliphatic carbocycles. The number of rotatable bonds is 3. The Morgan fingerprint density at radius 3 is 2.08 bits per heavy atom. The zero-order valence-corrected chi connectivity index (χ0v) is 14.1. The Morgan fingerprint density at radius 2 is 1.58 bits per heavy atom. The summed E-state index contributed by atoms with van der Waals surface area (Å²) in [6.07, 6.45) is 1.84. The van der Waals surface area contributed by atoms with Crippen LogP contribution in [-0.2, 0) is 16.1 Å². The van der Waals surface area contributed by atoms with Gasteiger partial charge in [0.15, 0.2) is 0 Å². The number of hydrogen-bond acceptors (Lipinski definition) is 5. The van der Waals surface area contributed by atoms with E-state index in [9.17, 15) is 4.39 Å². The summed E-state index contributed by atoms with van der Waals surface area (Å²) in [5.41, 5.74) is 2.21. The molecule has 0 spiro atoms. The second kappa shape index (κ2) is 9.47. The van der Waals surface area contributed by atoms with Crippen molar-refractivity contribution < 1.29 is 24.2 Å². The van der Waals surface area contributed by atoms with Crippen molar-refractivity contribution in [3.05, 3.63) is 60.2 Å². The van der Waals surface area contributed by atoms with Gasteiger partial charge in [-0.05, 0) is 36.4 Å². The molecular formula is C18H20FN3O4. The lowest BCUT2D eigenvalue weighted by atomic mass is 10.2. The topological polar surface area (TPSA) is 94.0 Å². The van der Waals surface area contributed by atoms with E-state index < -0.39 is 11.9 Å². The molecular weight excluding hydrogens is 341 g/mol. The largest absolute Gasteiger partial charge is 0.473 e. The number of anilines is 1. The first-order valence-corrected chi connectivity index (χ1v) is 8.04. The Kier molecular flexibility index (Phi) is 7.04. The van der Waals surface area contributed by atoms with Crippen LogP contribution in [0, 0.1) is 5.82 Å². The normalized spacial score (nSPS) is 14.3. The Morgan fingerprint density at radius 1 is 0.962 bits per heavy atom. The zero-order valence-electron chi connectivity index (χ0n) is 14.1. The van der Waals surface area contributed by atoms with Crippen molar-refractivity contribution in [3.8, 4) is 0 Å². The highest BCUT2D eigenvalue weighted by Crippen LogP contribution is 2.17. The van der Waals surface area contributed by atoms with Gasteiger partial charge in [0, 0.05) is 44.6 Å². The third-order valence-electron chi connectivity index (χ3n) is 3.86. The maximum Gasteiger partial charge on any atom is 0.414 e. The molecule has 0 bridgehead atoms. The fourth-order valence-electron chi connectivity index (χ4n) is 2.54. The Labute approximate surface area is 150 Å². The average molecular weight is 361 g/mol. The molecule has 0 saturated carbocycles. The van der Waals surface area contributed by atoms with E-state index >= 15 is 0 Å². The molecule has 1 aliphatic rings. The number of carboxylic acids is 2. The third kappa shape index (κ3) is 6.14. The van der Waals surface area contributed by atoms with Gasteiger partial charge in [0.2, 0.25) is 0 Å². The molecule has 138 valence electrons. The maximum absolute atomic E-state index is 12.9. The van der Waals surface area contributed by atoms with E-state index in [1.54, 1.807) is 0 Å². The van der Waals surface area contributed by atoms with Crippen molar-refractivity contribution in [3.63, 3.8) is 0 Å². The van der Waals surface area contributed by atoms with Crippen LogP contribution in [0.25, 0.3) is 0 Å². The first-order chi connectivity index (χ1) is 12.5. The van der Waals surface area contributed by atoms with E-state index in [1.165, 1.54) is 12.1 Å². The summed E-state index contributed by atoms with van der Waals surface area (Å²) in [5, 5.41) is 14.8. The monoisotopic (exact) mass is 361 g/mol. The van der Waals surface area contributed by atoms with Crippen molar-refractivity contribution in [2.75, 3.05) is 31.1 Å². The fourth-order valence-corrected chi connectivity index (χ4v) is 2.54. The number of halogens is 1. The van der Waals surface area contributed by atoms with E-state index in [2.05, 4.69) is 20.9 Å². The summed E-state index contributed by atoms with van der Waals surface area (Å²) in [7, 11) is 0. The van der Waals surface area contributed by atoms with Crippen LogP contribution >= 0.6 is 0 Å². The number of nitrogens with zero attached hydrogens (tertiary/aromatic N) is 3. The van der Waals surface area contributed by atoms with Gasteiger partial charge in [0.1, 0.15) is 5.82 Å². The fraction of sp³-hybridized carbons (Fsp3) is 0.278. The van der Waals surface area contributed by atoms with E-state index in [4.69, 9.17) is 19.8 Å². The van der Waals surface area contributed by atoms with Crippen LogP contribution in [0.5, 0.6) is 0 Å².